The quantitative estimate of drug-likeness (QED) is 0.205. The molecule has 1 aliphatic rings. The van der Waals surface area contributed by atoms with Crippen LogP contribution in [0.25, 0.3) is 10.9 Å². The summed E-state index contributed by atoms with van der Waals surface area (Å²) in [5.41, 5.74) is 8.59. The van der Waals surface area contributed by atoms with E-state index < -0.39 is 42.0 Å². The molecular weight excluding hydrogens is 526 g/mol. The lowest BCUT2D eigenvalue weighted by Crippen LogP contribution is -2.58. The van der Waals surface area contributed by atoms with Gasteiger partial charge in [0.05, 0.1) is 6.04 Å². The van der Waals surface area contributed by atoms with Crippen molar-refractivity contribution in [3.63, 3.8) is 0 Å². The fourth-order valence-electron chi connectivity index (χ4n) is 5.26. The van der Waals surface area contributed by atoms with E-state index in [9.17, 15) is 29.4 Å². The lowest BCUT2D eigenvalue weighted by molar-refractivity contribution is -0.143. The van der Waals surface area contributed by atoms with Crippen LogP contribution in [0.2, 0.25) is 0 Å². The van der Waals surface area contributed by atoms with Crippen molar-refractivity contribution >= 4 is 34.6 Å². The van der Waals surface area contributed by atoms with E-state index in [1.165, 1.54) is 17.0 Å². The Morgan fingerprint density at radius 2 is 1.76 bits per heavy atom. The number of hydrogen-bond donors (Lipinski definition) is 6. The van der Waals surface area contributed by atoms with Crippen LogP contribution in [0.5, 0.6) is 5.75 Å². The molecule has 0 radical (unpaired) electrons. The zero-order chi connectivity index (χ0) is 29.7. The number of nitrogens with one attached hydrogen (secondary N) is 3. The van der Waals surface area contributed by atoms with E-state index >= 15 is 0 Å². The van der Waals surface area contributed by atoms with Crippen LogP contribution in [0, 0.1) is 5.92 Å². The number of aliphatic carboxylic acids is 1. The number of carbonyl (C=O) groups excluding carboxylic acids is 3. The molecule has 4 rings (SSSR count). The van der Waals surface area contributed by atoms with Gasteiger partial charge in [0.2, 0.25) is 17.7 Å². The normalized spacial score (nSPS) is 17.3. The summed E-state index contributed by atoms with van der Waals surface area (Å²) >= 11 is 0. The van der Waals surface area contributed by atoms with Crippen molar-refractivity contribution in [1.29, 1.82) is 0 Å². The molecule has 0 bridgehead atoms. The third-order valence-corrected chi connectivity index (χ3v) is 7.51. The first-order valence-corrected chi connectivity index (χ1v) is 13.8. The van der Waals surface area contributed by atoms with Crippen LogP contribution in [-0.2, 0) is 32.0 Å². The van der Waals surface area contributed by atoms with Crippen molar-refractivity contribution in [3.05, 3.63) is 65.9 Å². The highest BCUT2D eigenvalue weighted by molar-refractivity contribution is 5.95. The standard InChI is InChI=1S/C30H37N5O6/c1-17(2)26(28(38)33-24(30(40)41)15-19-16-32-23-7-4-3-6-21(19)23)34-27(37)25-8-5-13-35(25)29(39)22(31)14-18-9-11-20(36)12-10-18/h3-4,6-7,9-12,16-17,22,24-26,32,36H,5,8,13-15,31H2,1-2H3,(H,33,38)(H,34,37)(H,40,41). The number of aromatic amines is 1. The van der Waals surface area contributed by atoms with Gasteiger partial charge in [0.25, 0.3) is 0 Å². The molecule has 3 aromatic rings. The zero-order valence-electron chi connectivity index (χ0n) is 23.2. The minimum Gasteiger partial charge on any atom is -0.508 e. The summed E-state index contributed by atoms with van der Waals surface area (Å²) in [6.45, 7) is 3.88. The van der Waals surface area contributed by atoms with E-state index in [1.807, 2.05) is 24.3 Å². The molecule has 0 spiro atoms. The number of aromatic nitrogens is 1. The number of H-pyrrole nitrogens is 1. The average molecular weight is 564 g/mol. The SMILES string of the molecule is CC(C)C(NC(=O)C1CCCN1C(=O)C(N)Cc1ccc(O)cc1)C(=O)NC(Cc1c[nH]c2ccccc12)C(=O)O. The van der Waals surface area contributed by atoms with Gasteiger partial charge < -0.3 is 36.5 Å². The summed E-state index contributed by atoms with van der Waals surface area (Å²) < 4.78 is 0. The molecule has 0 saturated carbocycles. The Labute approximate surface area is 238 Å². The lowest BCUT2D eigenvalue weighted by atomic mass is 10.0. The van der Waals surface area contributed by atoms with Crippen molar-refractivity contribution < 1.29 is 29.4 Å². The lowest BCUT2D eigenvalue weighted by Gasteiger charge is -2.29. The number of likely N-dealkylation sites (tertiary alicyclic amines) is 1. The second kappa shape index (κ2) is 12.9. The maximum absolute atomic E-state index is 13.3. The van der Waals surface area contributed by atoms with Crippen molar-refractivity contribution in [1.82, 2.24) is 20.5 Å². The van der Waals surface area contributed by atoms with Gasteiger partial charge in [-0.3, -0.25) is 14.4 Å². The second-order valence-electron chi connectivity index (χ2n) is 10.9. The molecule has 2 aromatic carbocycles. The van der Waals surface area contributed by atoms with Gasteiger partial charge in [-0.15, -0.1) is 0 Å². The number of phenols is 1. The molecule has 218 valence electrons. The van der Waals surface area contributed by atoms with Crippen molar-refractivity contribution in [2.75, 3.05) is 6.54 Å². The number of nitrogens with zero attached hydrogens (tertiary/aromatic N) is 1. The van der Waals surface area contributed by atoms with Crippen LogP contribution in [0.15, 0.2) is 54.7 Å². The molecule has 11 heteroatoms. The highest BCUT2D eigenvalue weighted by Gasteiger charge is 2.38. The van der Waals surface area contributed by atoms with E-state index in [-0.39, 0.29) is 30.4 Å². The third kappa shape index (κ3) is 7.04. The van der Waals surface area contributed by atoms with Gasteiger partial charge in [0.15, 0.2) is 0 Å². The number of hydrogen-bond acceptors (Lipinski definition) is 6. The zero-order valence-corrected chi connectivity index (χ0v) is 23.2. The number of para-hydroxylation sites is 1. The van der Waals surface area contributed by atoms with Gasteiger partial charge >= 0.3 is 5.97 Å². The van der Waals surface area contributed by atoms with E-state index in [0.717, 1.165) is 22.0 Å². The van der Waals surface area contributed by atoms with Crippen molar-refractivity contribution in [3.8, 4) is 5.75 Å². The first-order chi connectivity index (χ1) is 19.5. The molecular formula is C30H37N5O6. The molecule has 3 amide bonds. The Hall–Kier alpha value is -4.38. The molecule has 7 N–H and O–H groups in total. The van der Waals surface area contributed by atoms with Crippen LogP contribution in [0.4, 0.5) is 0 Å². The predicted octanol–water partition coefficient (Wildman–Crippen LogP) is 1.69. The molecule has 1 aromatic heterocycles. The number of aromatic hydroxyl groups is 1. The fourth-order valence-corrected chi connectivity index (χ4v) is 5.26. The largest absolute Gasteiger partial charge is 0.508 e. The number of phenolic OH excluding ortho intramolecular Hbond substituents is 1. The van der Waals surface area contributed by atoms with Crippen LogP contribution >= 0.6 is 0 Å². The smallest absolute Gasteiger partial charge is 0.326 e. The Kier molecular flexibility index (Phi) is 9.28. The van der Waals surface area contributed by atoms with Crippen LogP contribution in [0.1, 0.15) is 37.8 Å². The number of benzene rings is 2. The molecule has 11 nitrogen and oxygen atoms in total. The van der Waals surface area contributed by atoms with Gasteiger partial charge in [0, 0.05) is 30.1 Å². The molecule has 4 atom stereocenters. The Balaban J connectivity index is 1.40. The van der Waals surface area contributed by atoms with Crippen molar-refractivity contribution in [2.45, 2.75) is 63.7 Å². The summed E-state index contributed by atoms with van der Waals surface area (Å²) in [4.78, 5) is 56.4. The monoisotopic (exact) mass is 563 g/mol. The average Bonchev–Trinajstić information content (AvgIpc) is 3.59. The minimum atomic E-state index is -1.21. The number of carbonyl (C=O) groups is 4. The van der Waals surface area contributed by atoms with E-state index in [2.05, 4.69) is 15.6 Å². The summed E-state index contributed by atoms with van der Waals surface area (Å²) in [6, 6.07) is 10.0. The Morgan fingerprint density at radius 3 is 2.44 bits per heavy atom. The maximum atomic E-state index is 13.3. The highest BCUT2D eigenvalue weighted by Crippen LogP contribution is 2.21. The Bertz CT molecular complexity index is 1400. The van der Waals surface area contributed by atoms with Gasteiger partial charge in [-0.2, -0.15) is 0 Å². The number of carboxylic acid groups (broad SMARTS) is 1. The molecule has 2 heterocycles. The first kappa shape index (κ1) is 29.6. The molecule has 1 aliphatic heterocycles. The van der Waals surface area contributed by atoms with Crippen molar-refractivity contribution in [2.24, 2.45) is 11.7 Å². The summed E-state index contributed by atoms with van der Waals surface area (Å²) in [7, 11) is 0. The van der Waals surface area contributed by atoms with Gasteiger partial charge in [-0.25, -0.2) is 4.79 Å². The van der Waals surface area contributed by atoms with E-state index in [0.29, 0.717) is 19.4 Å². The number of amides is 3. The second-order valence-corrected chi connectivity index (χ2v) is 10.9. The number of carboxylic acids is 1. The van der Waals surface area contributed by atoms with Gasteiger partial charge in [-0.1, -0.05) is 44.2 Å². The van der Waals surface area contributed by atoms with Gasteiger partial charge in [-0.05, 0) is 54.5 Å². The number of rotatable bonds is 11. The summed E-state index contributed by atoms with van der Waals surface area (Å²) in [5.74, 6) is -2.88. The van der Waals surface area contributed by atoms with E-state index in [4.69, 9.17) is 5.73 Å². The highest BCUT2D eigenvalue weighted by atomic mass is 16.4. The predicted molar refractivity (Wildman–Crippen MR) is 153 cm³/mol. The summed E-state index contributed by atoms with van der Waals surface area (Å²) in [6.07, 6.45) is 3.07. The number of nitrogens with two attached hydrogens (primary N) is 1. The molecule has 41 heavy (non-hydrogen) atoms. The first-order valence-electron chi connectivity index (χ1n) is 13.8. The maximum Gasteiger partial charge on any atom is 0.326 e. The van der Waals surface area contributed by atoms with Crippen LogP contribution < -0.4 is 16.4 Å². The van der Waals surface area contributed by atoms with Gasteiger partial charge in [0.1, 0.15) is 23.9 Å². The topological polar surface area (TPSA) is 178 Å². The third-order valence-electron chi connectivity index (χ3n) is 7.51. The minimum absolute atomic E-state index is 0.0632. The molecule has 4 unspecified atom stereocenters. The summed E-state index contributed by atoms with van der Waals surface area (Å²) in [5, 5.41) is 25.6. The van der Waals surface area contributed by atoms with E-state index in [1.54, 1.807) is 32.2 Å². The molecule has 1 saturated heterocycles. The number of fused-ring (bicyclic) bond motifs is 1. The Morgan fingerprint density at radius 1 is 1.05 bits per heavy atom. The van der Waals surface area contributed by atoms with Crippen LogP contribution in [-0.4, -0.2) is 74.5 Å². The molecule has 0 aliphatic carbocycles. The fraction of sp³-hybridized carbons (Fsp3) is 0.400. The molecule has 1 fully saturated rings. The van der Waals surface area contributed by atoms with Crippen LogP contribution in [0.3, 0.4) is 0 Å².